The Balaban J connectivity index is 1.76. The van der Waals surface area contributed by atoms with E-state index < -0.39 is 5.97 Å². The molecule has 0 aromatic heterocycles. The zero-order valence-corrected chi connectivity index (χ0v) is 14.7. The molecule has 2 fully saturated rings. The van der Waals surface area contributed by atoms with Crippen molar-refractivity contribution in [1.29, 1.82) is 0 Å². The van der Waals surface area contributed by atoms with Crippen LogP contribution in [-0.4, -0.2) is 71.9 Å². The maximum atomic E-state index is 12.5. The van der Waals surface area contributed by atoms with Gasteiger partial charge in [0.2, 0.25) is 0 Å². The summed E-state index contributed by atoms with van der Waals surface area (Å²) in [5, 5.41) is 19.2. The van der Waals surface area contributed by atoms with Crippen molar-refractivity contribution in [3.05, 3.63) is 22.7 Å². The molecule has 0 spiro atoms. The molecule has 0 radical (unpaired) electrons. The third-order valence-corrected chi connectivity index (χ3v) is 5.35. The molecule has 2 atom stereocenters. The van der Waals surface area contributed by atoms with E-state index in [-0.39, 0.29) is 40.0 Å². The van der Waals surface area contributed by atoms with Crippen molar-refractivity contribution < 1.29 is 19.7 Å². The number of hydrogen-bond donors (Lipinski definition) is 2. The smallest absolute Gasteiger partial charge is 0.338 e. The van der Waals surface area contributed by atoms with E-state index >= 15 is 0 Å². The van der Waals surface area contributed by atoms with Crippen LogP contribution in [0.5, 0.6) is 11.5 Å². The second kappa shape index (κ2) is 6.78. The summed E-state index contributed by atoms with van der Waals surface area (Å²) >= 11 is 5.71. The molecule has 0 amide bonds. The standard InChI is InChI=1S/C17H23ClN2O4/c1-3-20-8-11-6-19(2)7-12(9-20)16(11)24-17(23)10-4-13(21)15(18)14(22)5-10/h4-5,11-12,16,21-22H,3,6-9H2,1-2H3. The Morgan fingerprint density at radius 2 is 1.75 bits per heavy atom. The van der Waals surface area contributed by atoms with Gasteiger partial charge >= 0.3 is 5.97 Å². The number of likely N-dealkylation sites (tertiary alicyclic amines) is 2. The maximum Gasteiger partial charge on any atom is 0.338 e. The topological polar surface area (TPSA) is 73.2 Å². The lowest BCUT2D eigenvalue weighted by Gasteiger charge is -2.49. The number of ether oxygens (including phenoxy) is 1. The van der Waals surface area contributed by atoms with Crippen LogP contribution in [0.2, 0.25) is 5.02 Å². The normalized spacial score (nSPS) is 27.9. The van der Waals surface area contributed by atoms with Crippen LogP contribution in [0.15, 0.2) is 12.1 Å². The minimum absolute atomic E-state index is 0.110. The molecule has 2 bridgehead atoms. The molecule has 6 nitrogen and oxygen atoms in total. The van der Waals surface area contributed by atoms with E-state index in [1.54, 1.807) is 0 Å². The summed E-state index contributed by atoms with van der Waals surface area (Å²) in [6.07, 6.45) is -0.142. The first-order valence-electron chi connectivity index (χ1n) is 8.22. The number of carbonyl (C=O) groups is 1. The van der Waals surface area contributed by atoms with Crippen LogP contribution in [0.25, 0.3) is 0 Å². The Morgan fingerprint density at radius 3 is 2.25 bits per heavy atom. The van der Waals surface area contributed by atoms with Crippen LogP contribution in [0.1, 0.15) is 17.3 Å². The highest BCUT2D eigenvalue weighted by Gasteiger charge is 2.43. The molecule has 2 N–H and O–H groups in total. The molecular weight excluding hydrogens is 332 g/mol. The van der Waals surface area contributed by atoms with Crippen LogP contribution in [0.3, 0.4) is 0 Å². The SMILES string of the molecule is CCN1CC2CN(C)CC(C1)C2OC(=O)c1cc(O)c(Cl)c(O)c1. The van der Waals surface area contributed by atoms with Gasteiger partial charge < -0.3 is 24.7 Å². The van der Waals surface area contributed by atoms with Gasteiger partial charge in [-0.25, -0.2) is 4.79 Å². The van der Waals surface area contributed by atoms with E-state index in [1.165, 1.54) is 12.1 Å². The number of fused-ring (bicyclic) bond motifs is 2. The number of aromatic hydroxyl groups is 2. The Hall–Kier alpha value is -1.50. The monoisotopic (exact) mass is 354 g/mol. The van der Waals surface area contributed by atoms with Gasteiger partial charge in [-0.3, -0.25) is 0 Å². The van der Waals surface area contributed by atoms with Crippen molar-refractivity contribution in [3.63, 3.8) is 0 Å². The third kappa shape index (κ3) is 3.31. The van der Waals surface area contributed by atoms with E-state index in [0.29, 0.717) is 0 Å². The van der Waals surface area contributed by atoms with E-state index in [4.69, 9.17) is 16.3 Å². The first-order chi connectivity index (χ1) is 11.4. The number of phenolic OH excluding ortho intramolecular Hbond substituents is 2. The second-order valence-electron chi connectivity index (χ2n) is 6.79. The molecule has 1 aromatic rings. The predicted octanol–water partition coefficient (Wildman–Crippen LogP) is 1.79. The summed E-state index contributed by atoms with van der Waals surface area (Å²) in [6.45, 7) is 6.74. The predicted molar refractivity (Wildman–Crippen MR) is 90.6 cm³/mol. The van der Waals surface area contributed by atoms with Crippen LogP contribution >= 0.6 is 11.6 Å². The fourth-order valence-electron chi connectivity index (χ4n) is 3.88. The highest BCUT2D eigenvalue weighted by Crippen LogP contribution is 2.35. The molecule has 132 valence electrons. The lowest BCUT2D eigenvalue weighted by molar-refractivity contribution is -0.0831. The third-order valence-electron chi connectivity index (χ3n) is 4.97. The van der Waals surface area contributed by atoms with Crippen molar-refractivity contribution in [3.8, 4) is 11.5 Å². The molecule has 3 rings (SSSR count). The average molecular weight is 355 g/mol. The Bertz CT molecular complexity index is 600. The van der Waals surface area contributed by atoms with Crippen LogP contribution in [0, 0.1) is 11.8 Å². The number of hydrogen-bond acceptors (Lipinski definition) is 6. The summed E-state index contributed by atoms with van der Waals surface area (Å²) in [6, 6.07) is 2.46. The first-order valence-corrected chi connectivity index (χ1v) is 8.60. The summed E-state index contributed by atoms with van der Waals surface area (Å²) in [7, 11) is 2.09. The van der Waals surface area contributed by atoms with Crippen molar-refractivity contribution >= 4 is 17.6 Å². The molecule has 0 aliphatic carbocycles. The molecule has 2 aliphatic heterocycles. The van der Waals surface area contributed by atoms with Crippen LogP contribution in [-0.2, 0) is 4.74 Å². The number of phenols is 2. The van der Waals surface area contributed by atoms with Gasteiger partial charge in [0, 0.05) is 38.0 Å². The number of piperidine rings is 2. The molecule has 2 unspecified atom stereocenters. The summed E-state index contributed by atoms with van der Waals surface area (Å²) in [5.41, 5.74) is 0.110. The Labute approximate surface area is 146 Å². The van der Waals surface area contributed by atoms with Gasteiger partial charge in [0.15, 0.2) is 0 Å². The quantitative estimate of drug-likeness (QED) is 0.806. The van der Waals surface area contributed by atoms with Crippen LogP contribution < -0.4 is 0 Å². The summed E-state index contributed by atoms with van der Waals surface area (Å²) < 4.78 is 5.78. The van der Waals surface area contributed by atoms with Gasteiger partial charge in [-0.1, -0.05) is 18.5 Å². The molecule has 2 heterocycles. The van der Waals surface area contributed by atoms with Gasteiger partial charge in [-0.2, -0.15) is 0 Å². The second-order valence-corrected chi connectivity index (χ2v) is 7.17. The van der Waals surface area contributed by atoms with Gasteiger partial charge in [-0.15, -0.1) is 0 Å². The lowest BCUT2D eigenvalue weighted by Crippen LogP contribution is -2.60. The molecular formula is C17H23ClN2O4. The van der Waals surface area contributed by atoms with Crippen LogP contribution in [0.4, 0.5) is 0 Å². The number of nitrogens with zero attached hydrogens (tertiary/aromatic N) is 2. The summed E-state index contributed by atoms with van der Waals surface area (Å²) in [5.74, 6) is -0.665. The minimum Gasteiger partial charge on any atom is -0.506 e. The highest BCUT2D eigenvalue weighted by molar-refractivity contribution is 6.33. The maximum absolute atomic E-state index is 12.5. The molecule has 0 saturated carbocycles. The molecule has 7 heteroatoms. The molecule has 24 heavy (non-hydrogen) atoms. The Kier molecular flexibility index (Phi) is 4.90. The van der Waals surface area contributed by atoms with Gasteiger partial charge in [0.25, 0.3) is 0 Å². The Morgan fingerprint density at radius 1 is 1.21 bits per heavy atom. The molecule has 1 aromatic carbocycles. The van der Waals surface area contributed by atoms with E-state index in [9.17, 15) is 15.0 Å². The molecule has 2 aliphatic rings. The number of halogens is 1. The van der Waals surface area contributed by atoms with Gasteiger partial charge in [0.1, 0.15) is 22.6 Å². The van der Waals surface area contributed by atoms with Crippen molar-refractivity contribution in [2.75, 3.05) is 39.8 Å². The van der Waals surface area contributed by atoms with E-state index in [1.807, 2.05) is 0 Å². The minimum atomic E-state index is -0.535. The van der Waals surface area contributed by atoms with E-state index in [2.05, 4.69) is 23.8 Å². The zero-order chi connectivity index (χ0) is 17.4. The highest BCUT2D eigenvalue weighted by atomic mass is 35.5. The molecule has 2 saturated heterocycles. The number of benzene rings is 1. The van der Waals surface area contributed by atoms with Gasteiger partial charge in [-0.05, 0) is 25.7 Å². The van der Waals surface area contributed by atoms with E-state index in [0.717, 1.165) is 32.7 Å². The summed E-state index contributed by atoms with van der Waals surface area (Å²) in [4.78, 5) is 17.2. The van der Waals surface area contributed by atoms with Crippen molar-refractivity contribution in [2.24, 2.45) is 11.8 Å². The van der Waals surface area contributed by atoms with Crippen molar-refractivity contribution in [2.45, 2.75) is 13.0 Å². The fourth-order valence-corrected chi connectivity index (χ4v) is 3.99. The first kappa shape index (κ1) is 17.3. The average Bonchev–Trinajstić information content (AvgIpc) is 2.52. The number of carbonyl (C=O) groups excluding carboxylic acids is 1. The zero-order valence-electron chi connectivity index (χ0n) is 13.9. The van der Waals surface area contributed by atoms with Gasteiger partial charge in [0.05, 0.1) is 5.56 Å². The number of esters is 1. The largest absolute Gasteiger partial charge is 0.506 e. The number of rotatable bonds is 3. The fraction of sp³-hybridized carbons (Fsp3) is 0.588. The van der Waals surface area contributed by atoms with Crippen molar-refractivity contribution in [1.82, 2.24) is 9.80 Å². The lowest BCUT2D eigenvalue weighted by atomic mass is 9.81.